The third-order valence-corrected chi connectivity index (χ3v) is 11.4. The number of allylic oxidation sites excluding steroid dienone is 2. The van der Waals surface area contributed by atoms with Gasteiger partial charge in [-0.1, -0.05) is 71.3 Å². The largest absolute Gasteiger partial charge is 0.550 e. The Labute approximate surface area is 196 Å². The number of hydrogen-bond donors (Lipinski definition) is 1. The van der Waals surface area contributed by atoms with Crippen LogP contribution in [0.5, 0.6) is 0 Å². The predicted octanol–water partition coefficient (Wildman–Crippen LogP) is 4.95. The van der Waals surface area contributed by atoms with E-state index in [0.29, 0.717) is 25.7 Å². The molecule has 184 valence electrons. The van der Waals surface area contributed by atoms with Gasteiger partial charge in [-0.25, -0.2) is 0 Å². The fraction of sp³-hybridized carbons (Fsp3) is 0.769. The number of ketones is 1. The molecule has 1 saturated carbocycles. The number of unbranched alkanes of at least 4 members (excludes halogenated alkanes) is 3. The first-order chi connectivity index (χ1) is 14.9. The number of aliphatic hydroxyl groups excluding tert-OH is 1. The molecule has 0 spiro atoms. The van der Waals surface area contributed by atoms with E-state index in [0.717, 1.165) is 25.7 Å². The van der Waals surface area contributed by atoms with Gasteiger partial charge in [-0.05, 0) is 50.2 Å². The molecule has 0 saturated heterocycles. The number of carbonyl (C=O) groups excluding carboxylic acids is 2. The fourth-order valence-electron chi connectivity index (χ4n) is 3.86. The first kappa shape index (κ1) is 28.8. The van der Waals surface area contributed by atoms with Crippen LogP contribution in [0, 0.1) is 11.8 Å². The van der Waals surface area contributed by atoms with Crippen molar-refractivity contribution in [3.8, 4) is 0 Å². The molecule has 4 atom stereocenters. The number of carboxylic acid groups (broad SMARTS) is 1. The topological polar surface area (TPSA) is 86.7 Å². The van der Waals surface area contributed by atoms with Crippen molar-refractivity contribution in [3.05, 3.63) is 24.3 Å². The SMILES string of the molecule is CCCCCC(O)C=C[C@H]1C(O[Si](C)(C)C(C)(C)C)CC(=O)[C@@H]1CC=CCCCC(=O)[O-]. The van der Waals surface area contributed by atoms with Crippen LogP contribution in [0.3, 0.4) is 0 Å². The third kappa shape index (κ3) is 9.71. The second-order valence-electron chi connectivity index (χ2n) is 10.7. The molecule has 1 aliphatic carbocycles. The summed E-state index contributed by atoms with van der Waals surface area (Å²) in [7, 11) is -2.04. The van der Waals surface area contributed by atoms with Crippen molar-refractivity contribution in [2.75, 3.05) is 0 Å². The number of hydrogen-bond acceptors (Lipinski definition) is 5. The van der Waals surface area contributed by atoms with Gasteiger partial charge in [0.2, 0.25) is 0 Å². The first-order valence-corrected chi connectivity index (χ1v) is 15.2. The zero-order valence-electron chi connectivity index (χ0n) is 21.1. The third-order valence-electron chi connectivity index (χ3n) is 6.93. The van der Waals surface area contributed by atoms with Crippen LogP contribution < -0.4 is 5.11 Å². The van der Waals surface area contributed by atoms with E-state index in [1.165, 1.54) is 0 Å². The zero-order chi connectivity index (χ0) is 24.4. The van der Waals surface area contributed by atoms with E-state index in [2.05, 4.69) is 40.8 Å². The molecule has 6 heteroatoms. The lowest BCUT2D eigenvalue weighted by Crippen LogP contribution is -2.45. The molecule has 1 aliphatic rings. The summed E-state index contributed by atoms with van der Waals surface area (Å²) in [4.78, 5) is 23.5. The Morgan fingerprint density at radius 1 is 1.25 bits per heavy atom. The molecular weight excluding hydrogens is 420 g/mol. The number of aliphatic carboxylic acids is 1. The molecule has 0 aromatic rings. The number of carbonyl (C=O) groups is 2. The Hall–Kier alpha value is -1.24. The maximum atomic E-state index is 12.9. The lowest BCUT2D eigenvalue weighted by molar-refractivity contribution is -0.305. The average molecular weight is 466 g/mol. The normalized spacial score (nSPS) is 23.5. The van der Waals surface area contributed by atoms with Crippen LogP contribution in [-0.4, -0.2) is 37.4 Å². The highest BCUT2D eigenvalue weighted by molar-refractivity contribution is 6.74. The quantitative estimate of drug-likeness (QED) is 0.223. The van der Waals surface area contributed by atoms with E-state index in [-0.39, 0.29) is 35.2 Å². The van der Waals surface area contributed by atoms with Crippen LogP contribution in [0.4, 0.5) is 0 Å². The number of Topliss-reactive ketones (excluding diaryl/α,β-unsaturated/α-hetero) is 1. The smallest absolute Gasteiger partial charge is 0.192 e. The van der Waals surface area contributed by atoms with E-state index in [1.54, 1.807) is 0 Å². The maximum absolute atomic E-state index is 12.9. The van der Waals surface area contributed by atoms with Gasteiger partial charge in [-0.2, -0.15) is 0 Å². The Bertz CT molecular complexity index is 647. The number of rotatable bonds is 14. The molecule has 0 amide bonds. The van der Waals surface area contributed by atoms with Gasteiger partial charge in [0, 0.05) is 24.2 Å². The van der Waals surface area contributed by atoms with Crippen molar-refractivity contribution in [2.24, 2.45) is 11.8 Å². The summed E-state index contributed by atoms with van der Waals surface area (Å²) in [5, 5.41) is 21.0. The first-order valence-electron chi connectivity index (χ1n) is 12.3. The molecule has 0 aromatic carbocycles. The van der Waals surface area contributed by atoms with Crippen LogP contribution in [0.2, 0.25) is 18.1 Å². The molecule has 1 N–H and O–H groups in total. The molecule has 2 unspecified atom stereocenters. The van der Waals surface area contributed by atoms with Crippen LogP contribution in [0.1, 0.15) is 85.5 Å². The second kappa shape index (κ2) is 13.5. The van der Waals surface area contributed by atoms with Crippen molar-refractivity contribution in [1.29, 1.82) is 0 Å². The summed E-state index contributed by atoms with van der Waals surface area (Å²) in [5.41, 5.74) is 0. The van der Waals surface area contributed by atoms with Crippen molar-refractivity contribution < 1.29 is 24.2 Å². The minimum Gasteiger partial charge on any atom is -0.550 e. The highest BCUT2D eigenvalue weighted by atomic mass is 28.4. The molecule has 0 radical (unpaired) electrons. The number of carboxylic acids is 1. The highest BCUT2D eigenvalue weighted by Gasteiger charge is 2.46. The summed E-state index contributed by atoms with van der Waals surface area (Å²) in [6.07, 6.45) is 13.4. The predicted molar refractivity (Wildman–Crippen MR) is 131 cm³/mol. The monoisotopic (exact) mass is 465 g/mol. The van der Waals surface area contributed by atoms with Crippen LogP contribution in [0.25, 0.3) is 0 Å². The van der Waals surface area contributed by atoms with Crippen molar-refractivity contribution >= 4 is 20.1 Å². The van der Waals surface area contributed by atoms with Gasteiger partial charge in [-0.3, -0.25) is 4.79 Å². The summed E-state index contributed by atoms with van der Waals surface area (Å²) < 4.78 is 6.67. The zero-order valence-corrected chi connectivity index (χ0v) is 22.1. The Morgan fingerprint density at radius 2 is 1.94 bits per heavy atom. The van der Waals surface area contributed by atoms with Gasteiger partial charge in [0.15, 0.2) is 8.32 Å². The van der Waals surface area contributed by atoms with Gasteiger partial charge < -0.3 is 19.4 Å². The van der Waals surface area contributed by atoms with Crippen molar-refractivity contribution in [1.82, 2.24) is 0 Å². The van der Waals surface area contributed by atoms with E-state index < -0.39 is 20.4 Å². The van der Waals surface area contributed by atoms with Crippen LogP contribution in [-0.2, 0) is 14.0 Å². The van der Waals surface area contributed by atoms with E-state index in [9.17, 15) is 19.8 Å². The van der Waals surface area contributed by atoms with Gasteiger partial charge in [0.05, 0.1) is 12.2 Å². The molecule has 0 aliphatic heterocycles. The van der Waals surface area contributed by atoms with Crippen molar-refractivity contribution in [2.45, 2.75) is 116 Å². The van der Waals surface area contributed by atoms with Crippen molar-refractivity contribution in [3.63, 3.8) is 0 Å². The fourth-order valence-corrected chi connectivity index (χ4v) is 5.21. The summed E-state index contributed by atoms with van der Waals surface area (Å²) in [6.45, 7) is 13.2. The van der Waals surface area contributed by atoms with E-state index in [4.69, 9.17) is 4.43 Å². The Morgan fingerprint density at radius 3 is 2.53 bits per heavy atom. The lowest BCUT2D eigenvalue weighted by atomic mass is 9.90. The Kier molecular flexibility index (Phi) is 12.1. The molecule has 5 nitrogen and oxygen atoms in total. The molecule has 1 fully saturated rings. The van der Waals surface area contributed by atoms with Gasteiger partial charge in [0.1, 0.15) is 5.78 Å². The summed E-state index contributed by atoms with van der Waals surface area (Å²) in [5.74, 6) is -1.03. The lowest BCUT2D eigenvalue weighted by Gasteiger charge is -2.39. The summed E-state index contributed by atoms with van der Waals surface area (Å²) >= 11 is 0. The molecule has 32 heavy (non-hydrogen) atoms. The maximum Gasteiger partial charge on any atom is 0.192 e. The average Bonchev–Trinajstić information content (AvgIpc) is 2.95. The molecule has 1 rings (SSSR count). The highest BCUT2D eigenvalue weighted by Crippen LogP contribution is 2.42. The number of aliphatic hydroxyl groups is 1. The second-order valence-corrected chi connectivity index (χ2v) is 15.4. The van der Waals surface area contributed by atoms with E-state index >= 15 is 0 Å². The minimum absolute atomic E-state index is 0.0506. The molecular formula is C26H45O5Si-. The standard InChI is InChI=1S/C26H46O5Si/c1-7-8-11-14-20(27)17-18-22-21(15-12-9-10-13-16-25(29)30)23(28)19-24(22)31-32(5,6)26(2,3)4/h9,12,17-18,20-22,24,27H,7-8,10-11,13-16,19H2,1-6H3,(H,29,30)/p-1/t20?,21-,22-,24?/m1/s1. The van der Waals surface area contributed by atoms with E-state index in [1.807, 2.05) is 24.3 Å². The summed E-state index contributed by atoms with van der Waals surface area (Å²) in [6, 6.07) is 0. The van der Waals surface area contributed by atoms with Gasteiger partial charge >= 0.3 is 0 Å². The van der Waals surface area contributed by atoms with Crippen LogP contribution in [0.15, 0.2) is 24.3 Å². The molecule has 0 aromatic heterocycles. The molecule has 0 heterocycles. The van der Waals surface area contributed by atoms with Gasteiger partial charge in [-0.15, -0.1) is 0 Å². The van der Waals surface area contributed by atoms with Crippen LogP contribution >= 0.6 is 0 Å². The Balaban J connectivity index is 2.91. The molecule has 0 bridgehead atoms. The minimum atomic E-state index is -2.04. The van der Waals surface area contributed by atoms with Gasteiger partial charge in [0.25, 0.3) is 0 Å².